The van der Waals surface area contributed by atoms with Crippen molar-refractivity contribution in [3.63, 3.8) is 0 Å². The second-order valence-electron chi connectivity index (χ2n) is 3.25. The summed E-state index contributed by atoms with van der Waals surface area (Å²) in [5.74, 6) is -0.898. The van der Waals surface area contributed by atoms with Gasteiger partial charge in [-0.3, -0.25) is 4.79 Å². The number of carboxylic acid groups (broad SMARTS) is 1. The fourth-order valence-electron chi connectivity index (χ4n) is 1.43. The summed E-state index contributed by atoms with van der Waals surface area (Å²) in [6, 6.07) is 0. The number of hydrogen-bond donors (Lipinski definition) is 1. The maximum atomic E-state index is 10.5. The van der Waals surface area contributed by atoms with Gasteiger partial charge < -0.3 is 10.0 Å². The zero-order valence-corrected chi connectivity index (χ0v) is 6.92. The average Bonchev–Trinajstić information content (AvgIpc) is 2.39. The van der Waals surface area contributed by atoms with E-state index in [0.29, 0.717) is 0 Å². The van der Waals surface area contributed by atoms with Crippen molar-refractivity contribution in [2.24, 2.45) is 5.92 Å². The predicted molar refractivity (Wildman–Crippen MR) is 42.5 cm³/mol. The molecule has 3 nitrogen and oxygen atoms in total. The van der Waals surface area contributed by atoms with E-state index in [1.54, 1.807) is 6.92 Å². The number of carbonyl (C=O) groups is 1. The lowest BCUT2D eigenvalue weighted by atomic mass is 10.2. The minimum Gasteiger partial charge on any atom is -0.481 e. The molecule has 1 fully saturated rings. The SMILES string of the molecule is C[C@@H](CN1CCCC1)C(=O)O. The topological polar surface area (TPSA) is 40.5 Å². The Morgan fingerprint density at radius 1 is 1.55 bits per heavy atom. The van der Waals surface area contributed by atoms with Crippen LogP contribution in [0, 0.1) is 5.92 Å². The Kier molecular flexibility index (Phi) is 2.88. The molecule has 0 aromatic carbocycles. The minimum absolute atomic E-state index is 0.215. The molecule has 1 aliphatic rings. The van der Waals surface area contributed by atoms with Crippen LogP contribution < -0.4 is 0 Å². The summed E-state index contributed by atoms with van der Waals surface area (Å²) in [5, 5.41) is 8.62. The Bertz CT molecular complexity index is 141. The second kappa shape index (κ2) is 3.72. The van der Waals surface area contributed by atoms with E-state index in [1.165, 1.54) is 12.8 Å². The van der Waals surface area contributed by atoms with Crippen molar-refractivity contribution in [3.05, 3.63) is 0 Å². The molecule has 0 aliphatic carbocycles. The first-order chi connectivity index (χ1) is 5.20. The van der Waals surface area contributed by atoms with E-state index in [1.807, 2.05) is 0 Å². The molecule has 1 N–H and O–H groups in total. The summed E-state index contributed by atoms with van der Waals surface area (Å²) in [6.45, 7) is 4.64. The normalized spacial score (nSPS) is 21.9. The number of nitrogens with zero attached hydrogens (tertiary/aromatic N) is 1. The summed E-state index contributed by atoms with van der Waals surface area (Å²) in [7, 11) is 0. The standard InChI is InChI=1S/C8H15NO2/c1-7(8(10)11)6-9-4-2-3-5-9/h7H,2-6H2,1H3,(H,10,11)/t7-/m0/s1. The lowest BCUT2D eigenvalue weighted by Crippen LogP contribution is -2.29. The smallest absolute Gasteiger partial charge is 0.307 e. The molecule has 0 aromatic heterocycles. The van der Waals surface area contributed by atoms with Gasteiger partial charge in [0.25, 0.3) is 0 Å². The van der Waals surface area contributed by atoms with E-state index in [9.17, 15) is 4.79 Å². The summed E-state index contributed by atoms with van der Waals surface area (Å²) in [4.78, 5) is 12.7. The maximum absolute atomic E-state index is 10.5. The largest absolute Gasteiger partial charge is 0.481 e. The van der Waals surface area contributed by atoms with Crippen LogP contribution in [0.15, 0.2) is 0 Å². The highest BCUT2D eigenvalue weighted by Crippen LogP contribution is 2.09. The van der Waals surface area contributed by atoms with Gasteiger partial charge in [-0.25, -0.2) is 0 Å². The first kappa shape index (κ1) is 8.53. The van der Waals surface area contributed by atoms with Gasteiger partial charge in [0.2, 0.25) is 0 Å². The molecule has 1 saturated heterocycles. The van der Waals surface area contributed by atoms with Crippen molar-refractivity contribution < 1.29 is 9.90 Å². The molecule has 1 heterocycles. The lowest BCUT2D eigenvalue weighted by molar-refractivity contribution is -0.141. The summed E-state index contributed by atoms with van der Waals surface area (Å²) in [5.41, 5.74) is 0. The number of carboxylic acids is 1. The summed E-state index contributed by atoms with van der Waals surface area (Å²) >= 11 is 0. The Balaban J connectivity index is 2.23. The predicted octanol–water partition coefficient (Wildman–Crippen LogP) is 0.803. The Morgan fingerprint density at radius 2 is 2.09 bits per heavy atom. The summed E-state index contributed by atoms with van der Waals surface area (Å²) in [6.07, 6.45) is 2.46. The van der Waals surface area contributed by atoms with Crippen LogP contribution in [0.3, 0.4) is 0 Å². The van der Waals surface area contributed by atoms with Gasteiger partial charge in [-0.1, -0.05) is 6.92 Å². The zero-order chi connectivity index (χ0) is 8.27. The molecule has 0 unspecified atom stereocenters. The molecule has 64 valence electrons. The van der Waals surface area contributed by atoms with Crippen LogP contribution in [0.5, 0.6) is 0 Å². The number of hydrogen-bond acceptors (Lipinski definition) is 2. The van der Waals surface area contributed by atoms with Gasteiger partial charge in [0.15, 0.2) is 0 Å². The first-order valence-electron chi connectivity index (χ1n) is 4.15. The van der Waals surface area contributed by atoms with Crippen molar-refractivity contribution in [2.45, 2.75) is 19.8 Å². The Labute approximate surface area is 67.0 Å². The van der Waals surface area contributed by atoms with E-state index < -0.39 is 5.97 Å². The molecule has 3 heteroatoms. The average molecular weight is 157 g/mol. The van der Waals surface area contributed by atoms with Crippen molar-refractivity contribution in [3.8, 4) is 0 Å². The zero-order valence-electron chi connectivity index (χ0n) is 6.92. The molecular formula is C8H15NO2. The Morgan fingerprint density at radius 3 is 2.55 bits per heavy atom. The van der Waals surface area contributed by atoms with Crippen molar-refractivity contribution in [1.82, 2.24) is 4.90 Å². The third-order valence-corrected chi connectivity index (χ3v) is 2.15. The van der Waals surface area contributed by atoms with Gasteiger partial charge in [-0.05, 0) is 25.9 Å². The van der Waals surface area contributed by atoms with E-state index in [0.717, 1.165) is 19.6 Å². The van der Waals surface area contributed by atoms with E-state index in [4.69, 9.17) is 5.11 Å². The van der Waals surface area contributed by atoms with Crippen LogP contribution >= 0.6 is 0 Å². The second-order valence-corrected chi connectivity index (χ2v) is 3.25. The van der Waals surface area contributed by atoms with Crippen LogP contribution in [0.25, 0.3) is 0 Å². The van der Waals surface area contributed by atoms with Crippen LogP contribution in [0.2, 0.25) is 0 Å². The summed E-state index contributed by atoms with van der Waals surface area (Å²) < 4.78 is 0. The highest BCUT2D eigenvalue weighted by atomic mass is 16.4. The van der Waals surface area contributed by atoms with Crippen LogP contribution in [0.1, 0.15) is 19.8 Å². The molecule has 0 aromatic rings. The van der Waals surface area contributed by atoms with Crippen LogP contribution in [-0.4, -0.2) is 35.6 Å². The van der Waals surface area contributed by atoms with Gasteiger partial charge in [0.1, 0.15) is 0 Å². The van der Waals surface area contributed by atoms with Gasteiger partial charge in [-0.2, -0.15) is 0 Å². The Hall–Kier alpha value is -0.570. The molecule has 11 heavy (non-hydrogen) atoms. The lowest BCUT2D eigenvalue weighted by Gasteiger charge is -2.16. The monoisotopic (exact) mass is 157 g/mol. The van der Waals surface area contributed by atoms with Crippen LogP contribution in [-0.2, 0) is 4.79 Å². The molecule has 0 saturated carbocycles. The molecule has 0 radical (unpaired) electrons. The molecule has 1 atom stereocenters. The van der Waals surface area contributed by atoms with Crippen molar-refractivity contribution >= 4 is 5.97 Å². The van der Waals surface area contributed by atoms with Gasteiger partial charge >= 0.3 is 5.97 Å². The fraction of sp³-hybridized carbons (Fsp3) is 0.875. The highest BCUT2D eigenvalue weighted by molar-refractivity contribution is 5.69. The van der Waals surface area contributed by atoms with Crippen molar-refractivity contribution in [2.75, 3.05) is 19.6 Å². The van der Waals surface area contributed by atoms with E-state index in [2.05, 4.69) is 4.90 Å². The van der Waals surface area contributed by atoms with Crippen molar-refractivity contribution in [1.29, 1.82) is 0 Å². The van der Waals surface area contributed by atoms with Gasteiger partial charge in [-0.15, -0.1) is 0 Å². The molecule has 1 aliphatic heterocycles. The van der Waals surface area contributed by atoms with Gasteiger partial charge in [0, 0.05) is 6.54 Å². The van der Waals surface area contributed by atoms with Gasteiger partial charge in [0.05, 0.1) is 5.92 Å². The number of aliphatic carboxylic acids is 1. The molecule has 0 spiro atoms. The van der Waals surface area contributed by atoms with Crippen LogP contribution in [0.4, 0.5) is 0 Å². The third kappa shape index (κ3) is 2.50. The first-order valence-corrected chi connectivity index (χ1v) is 4.15. The molecule has 0 bridgehead atoms. The number of likely N-dealkylation sites (tertiary alicyclic amines) is 1. The molecule has 1 rings (SSSR count). The van der Waals surface area contributed by atoms with E-state index >= 15 is 0 Å². The third-order valence-electron chi connectivity index (χ3n) is 2.15. The molecule has 0 amide bonds. The highest BCUT2D eigenvalue weighted by Gasteiger charge is 2.18. The quantitative estimate of drug-likeness (QED) is 0.658. The maximum Gasteiger partial charge on any atom is 0.307 e. The minimum atomic E-state index is -0.683. The van der Waals surface area contributed by atoms with E-state index in [-0.39, 0.29) is 5.92 Å². The fourth-order valence-corrected chi connectivity index (χ4v) is 1.43. The number of rotatable bonds is 3. The molecular weight excluding hydrogens is 142 g/mol.